The van der Waals surface area contributed by atoms with Crippen molar-refractivity contribution in [2.45, 2.75) is 37.7 Å². The highest BCUT2D eigenvalue weighted by Crippen LogP contribution is 2.47. The Labute approximate surface area is 218 Å². The number of carbonyl (C=O) groups is 2. The third-order valence-corrected chi connectivity index (χ3v) is 6.46. The van der Waals surface area contributed by atoms with E-state index in [1.807, 2.05) is 0 Å². The summed E-state index contributed by atoms with van der Waals surface area (Å²) < 4.78 is 71.7. The zero-order valence-corrected chi connectivity index (χ0v) is 20.2. The summed E-state index contributed by atoms with van der Waals surface area (Å²) in [5.74, 6) is -7.42. The summed E-state index contributed by atoms with van der Waals surface area (Å²) in [5.41, 5.74) is 0.174. The fraction of sp³-hybridized carbons (Fsp3) is 0.269. The van der Waals surface area contributed by atoms with Crippen molar-refractivity contribution in [2.24, 2.45) is 5.92 Å². The maximum Gasteiger partial charge on any atom is 0.387 e. The van der Waals surface area contributed by atoms with Gasteiger partial charge in [0, 0.05) is 30.3 Å². The number of aromatic carboxylic acids is 1. The van der Waals surface area contributed by atoms with Crippen LogP contribution in [0.5, 0.6) is 5.75 Å². The van der Waals surface area contributed by atoms with E-state index >= 15 is 0 Å². The minimum atomic E-state index is -3.22. The number of carboxylic acid groups (broad SMARTS) is 1. The van der Waals surface area contributed by atoms with Crippen LogP contribution in [0, 0.1) is 11.7 Å². The topological polar surface area (TPSA) is 88.5 Å². The molecule has 2 N–H and O–H groups in total. The maximum absolute atomic E-state index is 14.7. The van der Waals surface area contributed by atoms with Crippen LogP contribution in [0.15, 0.2) is 54.7 Å². The number of pyridine rings is 1. The van der Waals surface area contributed by atoms with E-state index in [0.29, 0.717) is 0 Å². The second kappa shape index (κ2) is 10.9. The summed E-state index contributed by atoms with van der Waals surface area (Å²) in [6.07, 6.45) is 0.431. The summed E-state index contributed by atoms with van der Waals surface area (Å²) in [5, 5.41) is 11.3. The van der Waals surface area contributed by atoms with E-state index in [0.717, 1.165) is 18.3 Å². The first-order valence-electron chi connectivity index (χ1n) is 11.3. The normalized spacial score (nSPS) is 15.6. The number of nitrogens with one attached hydrogen (secondary N) is 1. The van der Waals surface area contributed by atoms with Gasteiger partial charge < -0.3 is 15.2 Å². The van der Waals surface area contributed by atoms with E-state index in [4.69, 9.17) is 16.7 Å². The summed E-state index contributed by atoms with van der Waals surface area (Å²) in [7, 11) is 0. The predicted octanol–water partition coefficient (Wildman–Crippen LogP) is 7.00. The lowest BCUT2D eigenvalue weighted by atomic mass is 9.75. The van der Waals surface area contributed by atoms with Crippen LogP contribution in [0.4, 0.5) is 27.6 Å². The first-order valence-corrected chi connectivity index (χ1v) is 11.7. The molecule has 0 spiro atoms. The van der Waals surface area contributed by atoms with Gasteiger partial charge in [0.1, 0.15) is 5.75 Å². The Balaban J connectivity index is 1.62. The fourth-order valence-electron chi connectivity index (χ4n) is 4.33. The molecule has 1 fully saturated rings. The molecule has 38 heavy (non-hydrogen) atoms. The molecule has 0 bridgehead atoms. The van der Waals surface area contributed by atoms with Gasteiger partial charge in [-0.2, -0.15) is 8.78 Å². The lowest BCUT2D eigenvalue weighted by molar-refractivity contribution is -0.125. The summed E-state index contributed by atoms with van der Waals surface area (Å²) >= 11 is 5.82. The van der Waals surface area contributed by atoms with Gasteiger partial charge in [-0.25, -0.2) is 18.0 Å². The minimum absolute atomic E-state index is 0.0111. The predicted molar refractivity (Wildman–Crippen MR) is 128 cm³/mol. The number of halogens is 6. The van der Waals surface area contributed by atoms with Crippen molar-refractivity contribution in [3.05, 3.63) is 76.8 Å². The van der Waals surface area contributed by atoms with Gasteiger partial charge in [0.05, 0.1) is 27.8 Å². The fourth-order valence-corrected chi connectivity index (χ4v) is 4.49. The molecule has 0 saturated heterocycles. The summed E-state index contributed by atoms with van der Waals surface area (Å²) in [6.45, 7) is -3.22. The second-order valence-electron chi connectivity index (χ2n) is 8.88. The Morgan fingerprint density at radius 1 is 1.11 bits per heavy atom. The van der Waals surface area contributed by atoms with Gasteiger partial charge in [-0.15, -0.1) is 0 Å². The lowest BCUT2D eigenvalue weighted by Crippen LogP contribution is -2.37. The molecule has 1 atom stereocenters. The Morgan fingerprint density at radius 2 is 1.79 bits per heavy atom. The van der Waals surface area contributed by atoms with Crippen LogP contribution in [0.3, 0.4) is 0 Å². The lowest BCUT2D eigenvalue weighted by Gasteiger charge is -2.36. The molecule has 6 nitrogen and oxygen atoms in total. The van der Waals surface area contributed by atoms with E-state index in [1.54, 1.807) is 0 Å². The van der Waals surface area contributed by atoms with Crippen molar-refractivity contribution in [1.82, 2.24) is 4.98 Å². The van der Waals surface area contributed by atoms with Crippen molar-refractivity contribution < 1.29 is 41.4 Å². The molecule has 4 rings (SSSR count). The van der Waals surface area contributed by atoms with E-state index in [2.05, 4.69) is 15.0 Å². The molecule has 0 aliphatic heterocycles. The van der Waals surface area contributed by atoms with Gasteiger partial charge in [0.25, 0.3) is 0 Å². The number of carbonyl (C=O) groups excluding carboxylic acids is 1. The smallest absolute Gasteiger partial charge is 0.387 e. The molecule has 1 aliphatic rings. The van der Waals surface area contributed by atoms with Crippen LogP contribution in [-0.2, 0) is 4.79 Å². The quantitative estimate of drug-likeness (QED) is 0.278. The number of alkyl halides is 4. The zero-order chi connectivity index (χ0) is 27.6. The molecule has 3 aromatic rings. The van der Waals surface area contributed by atoms with Gasteiger partial charge in [-0.05, 0) is 54.8 Å². The molecule has 1 amide bonds. The van der Waals surface area contributed by atoms with E-state index < -0.39 is 47.8 Å². The first-order chi connectivity index (χ1) is 17.9. The Morgan fingerprint density at radius 3 is 2.34 bits per heavy atom. The van der Waals surface area contributed by atoms with Crippen LogP contribution in [0.25, 0.3) is 11.1 Å². The molecule has 200 valence electrons. The highest BCUT2D eigenvalue weighted by Gasteiger charge is 2.46. The van der Waals surface area contributed by atoms with Crippen LogP contribution in [-0.4, -0.2) is 34.5 Å². The first kappa shape index (κ1) is 27.3. The number of hydrogen-bond acceptors (Lipinski definition) is 4. The standard InChI is InChI=1S/C26H20ClF5N2O4/c27-18-6-8-20(38-25(29)30)21(22(18)28)15-3-7-19(33-12-15)17(9-13-10-26(31,32)11-13)23(35)34-16-4-1-14(2-5-16)24(36)37/h1-8,12-13,17,25H,9-11H2,(H,34,35)(H,36,37). The zero-order valence-electron chi connectivity index (χ0n) is 19.4. The number of hydrogen-bond donors (Lipinski definition) is 2. The monoisotopic (exact) mass is 554 g/mol. The van der Waals surface area contributed by atoms with E-state index in [9.17, 15) is 31.5 Å². The molecule has 0 radical (unpaired) electrons. The van der Waals surface area contributed by atoms with Crippen molar-refractivity contribution in [3.63, 3.8) is 0 Å². The number of carboxylic acids is 1. The van der Waals surface area contributed by atoms with E-state index in [-0.39, 0.29) is 52.4 Å². The van der Waals surface area contributed by atoms with Crippen molar-refractivity contribution in [3.8, 4) is 16.9 Å². The minimum Gasteiger partial charge on any atom is -0.478 e. The van der Waals surface area contributed by atoms with Crippen molar-refractivity contribution >= 4 is 29.2 Å². The molecular formula is C26H20ClF5N2O4. The number of rotatable bonds is 9. The Hall–Kier alpha value is -3.73. The van der Waals surface area contributed by atoms with Gasteiger partial charge in [-0.3, -0.25) is 9.78 Å². The summed E-state index contributed by atoms with van der Waals surface area (Å²) in [4.78, 5) is 28.4. The van der Waals surface area contributed by atoms with Crippen molar-refractivity contribution in [1.29, 1.82) is 0 Å². The second-order valence-corrected chi connectivity index (χ2v) is 9.28. The van der Waals surface area contributed by atoms with Crippen LogP contribution < -0.4 is 10.1 Å². The Kier molecular flexibility index (Phi) is 7.86. The number of amides is 1. The number of benzene rings is 2. The molecule has 12 heteroatoms. The average Bonchev–Trinajstić information content (AvgIpc) is 2.84. The largest absolute Gasteiger partial charge is 0.478 e. The number of anilines is 1. The summed E-state index contributed by atoms with van der Waals surface area (Å²) in [6, 6.07) is 10.2. The molecule has 1 saturated carbocycles. The molecule has 1 aromatic heterocycles. The van der Waals surface area contributed by atoms with Gasteiger partial charge in [0.2, 0.25) is 11.8 Å². The third-order valence-electron chi connectivity index (χ3n) is 6.16. The molecular weight excluding hydrogens is 535 g/mol. The molecule has 1 heterocycles. The Bertz CT molecular complexity index is 1330. The SMILES string of the molecule is O=C(O)c1ccc(NC(=O)C(CC2CC(F)(F)C2)c2ccc(-c3c(OC(F)F)ccc(Cl)c3F)cn2)cc1. The number of aromatic nitrogens is 1. The molecule has 1 unspecified atom stereocenters. The van der Waals surface area contributed by atoms with Crippen LogP contribution in [0.1, 0.15) is 41.2 Å². The third kappa shape index (κ3) is 6.21. The maximum atomic E-state index is 14.7. The van der Waals surface area contributed by atoms with Gasteiger partial charge >= 0.3 is 12.6 Å². The highest BCUT2D eigenvalue weighted by atomic mass is 35.5. The number of ether oxygens (including phenoxy) is 1. The van der Waals surface area contributed by atoms with Crippen LogP contribution in [0.2, 0.25) is 5.02 Å². The number of nitrogens with zero attached hydrogens (tertiary/aromatic N) is 1. The molecule has 2 aromatic carbocycles. The van der Waals surface area contributed by atoms with E-state index in [1.165, 1.54) is 36.4 Å². The highest BCUT2D eigenvalue weighted by molar-refractivity contribution is 6.31. The average molecular weight is 555 g/mol. The van der Waals surface area contributed by atoms with Crippen LogP contribution >= 0.6 is 11.6 Å². The van der Waals surface area contributed by atoms with Gasteiger partial charge in [-0.1, -0.05) is 17.7 Å². The molecule has 1 aliphatic carbocycles. The van der Waals surface area contributed by atoms with Gasteiger partial charge in [0.15, 0.2) is 5.82 Å². The van der Waals surface area contributed by atoms with Crippen molar-refractivity contribution in [2.75, 3.05) is 5.32 Å².